The van der Waals surface area contributed by atoms with Gasteiger partial charge in [0.2, 0.25) is 0 Å². The molecule has 35 heavy (non-hydrogen) atoms. The molecule has 0 aliphatic rings. The molecule has 9 heteroatoms. The lowest BCUT2D eigenvalue weighted by Gasteiger charge is -2.14. The van der Waals surface area contributed by atoms with Gasteiger partial charge in [-0.3, -0.25) is 9.78 Å². The number of hydrogen-bond acceptors (Lipinski definition) is 7. The fourth-order valence-electron chi connectivity index (χ4n) is 3.60. The summed E-state index contributed by atoms with van der Waals surface area (Å²) >= 11 is 0. The van der Waals surface area contributed by atoms with E-state index in [0.29, 0.717) is 23.6 Å². The van der Waals surface area contributed by atoms with Gasteiger partial charge >= 0.3 is 0 Å². The number of carbonyl (C=O) groups is 1. The van der Waals surface area contributed by atoms with E-state index in [9.17, 15) is 13.2 Å². The third-order valence-corrected chi connectivity index (χ3v) is 6.11. The summed E-state index contributed by atoms with van der Waals surface area (Å²) in [5, 5.41) is 6.46. The number of nitrogens with one attached hydrogen (secondary N) is 2. The van der Waals surface area contributed by atoms with Crippen LogP contribution in [0.3, 0.4) is 0 Å². The molecule has 0 spiro atoms. The topological polar surface area (TPSA) is 127 Å². The molecule has 2 aromatic carbocycles. The Hall–Kier alpha value is -4.24. The van der Waals surface area contributed by atoms with Crippen molar-refractivity contribution in [3.8, 4) is 11.1 Å². The molecule has 4 N–H and O–H groups in total. The van der Waals surface area contributed by atoms with Crippen LogP contribution in [-0.4, -0.2) is 30.5 Å². The molecular weight excluding hydrogens is 462 g/mol. The maximum Gasteiger partial charge on any atom is 0.252 e. The first-order valence-electron chi connectivity index (χ1n) is 10.8. The Labute approximate surface area is 204 Å². The van der Waals surface area contributed by atoms with Crippen molar-refractivity contribution in [3.05, 3.63) is 102 Å². The maximum absolute atomic E-state index is 12.0. The van der Waals surface area contributed by atoms with Crippen LogP contribution in [0.5, 0.6) is 0 Å². The first-order chi connectivity index (χ1) is 16.8. The van der Waals surface area contributed by atoms with Crippen molar-refractivity contribution in [2.45, 2.75) is 12.3 Å². The number of anilines is 3. The first-order valence-corrected chi connectivity index (χ1v) is 12.9. The molecule has 2 aromatic heterocycles. The van der Waals surface area contributed by atoms with E-state index in [1.807, 2.05) is 30.3 Å². The van der Waals surface area contributed by atoms with Crippen LogP contribution in [0.4, 0.5) is 17.2 Å². The Kier molecular flexibility index (Phi) is 7.07. The Morgan fingerprint density at radius 3 is 2.37 bits per heavy atom. The van der Waals surface area contributed by atoms with Crippen molar-refractivity contribution < 1.29 is 13.2 Å². The molecule has 0 fully saturated rings. The van der Waals surface area contributed by atoms with Crippen molar-refractivity contribution in [2.24, 2.45) is 5.73 Å². The van der Waals surface area contributed by atoms with Crippen molar-refractivity contribution in [2.75, 3.05) is 16.9 Å². The van der Waals surface area contributed by atoms with Crippen molar-refractivity contribution >= 4 is 32.9 Å². The summed E-state index contributed by atoms with van der Waals surface area (Å²) in [5.74, 6) is -0.0870. The Bertz CT molecular complexity index is 1440. The number of rotatable bonds is 9. The normalized spacial score (nSPS) is 11.1. The highest BCUT2D eigenvalue weighted by molar-refractivity contribution is 7.89. The van der Waals surface area contributed by atoms with E-state index in [-0.39, 0.29) is 11.3 Å². The van der Waals surface area contributed by atoms with Gasteiger partial charge in [-0.15, -0.1) is 0 Å². The second kappa shape index (κ2) is 10.4. The monoisotopic (exact) mass is 487 g/mol. The lowest BCUT2D eigenvalue weighted by atomic mass is 10.0. The molecule has 0 bridgehead atoms. The number of amides is 1. The molecule has 178 valence electrons. The number of aromatic nitrogens is 2. The van der Waals surface area contributed by atoms with Crippen LogP contribution in [0, 0.1) is 0 Å². The highest BCUT2D eigenvalue weighted by Gasteiger charge is 2.11. The van der Waals surface area contributed by atoms with Gasteiger partial charge in [-0.25, -0.2) is 13.4 Å². The molecule has 8 nitrogen and oxygen atoms in total. The summed E-state index contributed by atoms with van der Waals surface area (Å²) in [7, 11) is -3.10. The minimum Gasteiger partial charge on any atom is -0.380 e. The molecule has 4 rings (SSSR count). The Morgan fingerprint density at radius 2 is 1.69 bits per heavy atom. The maximum atomic E-state index is 12.0. The lowest BCUT2D eigenvalue weighted by molar-refractivity contribution is 0.100. The third kappa shape index (κ3) is 6.64. The van der Waals surface area contributed by atoms with Crippen LogP contribution < -0.4 is 16.4 Å². The van der Waals surface area contributed by atoms with Crippen LogP contribution in [-0.2, 0) is 22.1 Å². The van der Waals surface area contributed by atoms with Gasteiger partial charge in [0.1, 0.15) is 5.82 Å². The minimum absolute atomic E-state index is 0.0186. The summed E-state index contributed by atoms with van der Waals surface area (Å²) in [5.41, 5.74) is 11.0. The number of carbonyl (C=O) groups excluding carboxylic acids is 1. The summed E-state index contributed by atoms with van der Waals surface area (Å²) in [6.45, 7) is 0.475. The quantitative estimate of drug-likeness (QED) is 0.324. The van der Waals surface area contributed by atoms with Gasteiger partial charge in [0.25, 0.3) is 5.91 Å². The molecular formula is C26H25N5O3S. The van der Waals surface area contributed by atoms with Gasteiger partial charge in [0.15, 0.2) is 9.84 Å². The molecule has 0 unspecified atom stereocenters. The first kappa shape index (κ1) is 23.9. The van der Waals surface area contributed by atoms with E-state index < -0.39 is 15.7 Å². The second-order valence-corrected chi connectivity index (χ2v) is 10.3. The zero-order valence-corrected chi connectivity index (χ0v) is 19.9. The molecule has 1 amide bonds. The van der Waals surface area contributed by atoms with E-state index in [1.165, 1.54) is 12.5 Å². The van der Waals surface area contributed by atoms with Crippen molar-refractivity contribution in [3.63, 3.8) is 0 Å². The summed E-state index contributed by atoms with van der Waals surface area (Å²) in [4.78, 5) is 20.3. The number of hydrogen-bond donors (Lipinski definition) is 3. The minimum atomic E-state index is -3.10. The molecule has 0 aliphatic carbocycles. The van der Waals surface area contributed by atoms with Crippen LogP contribution in [0.15, 0.2) is 85.3 Å². The largest absolute Gasteiger partial charge is 0.380 e. The van der Waals surface area contributed by atoms with Crippen LogP contribution in [0.25, 0.3) is 11.1 Å². The van der Waals surface area contributed by atoms with E-state index in [4.69, 9.17) is 5.73 Å². The van der Waals surface area contributed by atoms with Crippen molar-refractivity contribution in [1.82, 2.24) is 9.97 Å². The van der Waals surface area contributed by atoms with Crippen LogP contribution in [0.2, 0.25) is 0 Å². The Balaban J connectivity index is 1.50. The predicted octanol–water partition coefficient (Wildman–Crippen LogP) is 4.14. The summed E-state index contributed by atoms with van der Waals surface area (Å²) in [6.07, 6.45) is 6.14. The molecule has 0 saturated heterocycles. The number of sulfone groups is 1. The molecule has 2 heterocycles. The van der Waals surface area contributed by atoms with Crippen LogP contribution in [0.1, 0.15) is 21.5 Å². The number of primary amides is 1. The van der Waals surface area contributed by atoms with Gasteiger partial charge < -0.3 is 16.4 Å². The zero-order valence-electron chi connectivity index (χ0n) is 19.1. The van der Waals surface area contributed by atoms with Gasteiger partial charge in [-0.1, -0.05) is 30.3 Å². The van der Waals surface area contributed by atoms with Crippen LogP contribution >= 0.6 is 0 Å². The zero-order chi connectivity index (χ0) is 24.8. The van der Waals surface area contributed by atoms with Crippen molar-refractivity contribution in [1.29, 1.82) is 0 Å². The highest BCUT2D eigenvalue weighted by atomic mass is 32.2. The predicted molar refractivity (Wildman–Crippen MR) is 138 cm³/mol. The van der Waals surface area contributed by atoms with Gasteiger partial charge in [-0.2, -0.15) is 0 Å². The average molecular weight is 488 g/mol. The number of nitrogens with zero attached hydrogens (tertiary/aromatic N) is 2. The number of nitrogens with two attached hydrogens (primary N) is 1. The molecule has 0 aliphatic heterocycles. The molecule has 0 saturated carbocycles. The lowest BCUT2D eigenvalue weighted by Crippen LogP contribution is -2.15. The summed E-state index contributed by atoms with van der Waals surface area (Å²) in [6, 6.07) is 20.8. The standard InChI is InChI=1S/C26H25N5O3S/c1-35(33,34)17-18-5-7-22(8-6-18)31-25-14-24(23(16-30-25)26(27)32)29-15-19-3-2-4-21(13-19)20-9-11-28-12-10-20/h2-14,16H,15,17H2,1H3,(H2,27,32)(H2,29,30,31). The summed E-state index contributed by atoms with van der Waals surface area (Å²) < 4.78 is 23.0. The van der Waals surface area contributed by atoms with E-state index in [0.717, 1.165) is 22.4 Å². The fraction of sp³-hybridized carbons (Fsp3) is 0.115. The second-order valence-electron chi connectivity index (χ2n) is 8.16. The molecule has 0 atom stereocenters. The van der Waals surface area contributed by atoms with E-state index in [2.05, 4.69) is 26.7 Å². The average Bonchev–Trinajstić information content (AvgIpc) is 2.84. The molecule has 0 radical (unpaired) electrons. The third-order valence-electron chi connectivity index (χ3n) is 5.25. The van der Waals surface area contributed by atoms with Gasteiger partial charge in [-0.05, 0) is 52.6 Å². The molecule has 4 aromatic rings. The highest BCUT2D eigenvalue weighted by Crippen LogP contribution is 2.24. The fourth-order valence-corrected chi connectivity index (χ4v) is 4.40. The SMILES string of the molecule is CS(=O)(=O)Cc1ccc(Nc2cc(NCc3cccc(-c4ccncc4)c3)c(C(N)=O)cn2)cc1. The number of benzene rings is 2. The number of pyridine rings is 2. The smallest absolute Gasteiger partial charge is 0.252 e. The van der Waals surface area contributed by atoms with Gasteiger partial charge in [0, 0.05) is 43.1 Å². The van der Waals surface area contributed by atoms with E-state index >= 15 is 0 Å². The van der Waals surface area contributed by atoms with Gasteiger partial charge in [0.05, 0.1) is 17.0 Å². The Morgan fingerprint density at radius 1 is 0.943 bits per heavy atom. The van der Waals surface area contributed by atoms with E-state index in [1.54, 1.807) is 42.7 Å².